The van der Waals surface area contributed by atoms with E-state index in [4.69, 9.17) is 4.52 Å². The maximum absolute atomic E-state index is 5.29. The van der Waals surface area contributed by atoms with Crippen LogP contribution >= 0.6 is 0 Å². The molecule has 3 rings (SSSR count). The molecule has 0 amide bonds. The summed E-state index contributed by atoms with van der Waals surface area (Å²) in [6, 6.07) is 2.13. The molecule has 0 radical (unpaired) electrons. The second-order valence-electron chi connectivity index (χ2n) is 6.18. The van der Waals surface area contributed by atoms with Gasteiger partial charge >= 0.3 is 0 Å². The van der Waals surface area contributed by atoms with Crippen LogP contribution in [-0.4, -0.2) is 39.7 Å². The van der Waals surface area contributed by atoms with Crippen molar-refractivity contribution in [2.75, 3.05) is 6.54 Å². The Hall–Kier alpha value is -0.940. The summed E-state index contributed by atoms with van der Waals surface area (Å²) in [5.41, 5.74) is 0. The summed E-state index contributed by atoms with van der Waals surface area (Å²) in [7, 11) is 0. The predicted molar refractivity (Wildman–Crippen MR) is 77.3 cm³/mol. The van der Waals surface area contributed by atoms with E-state index >= 15 is 0 Å². The van der Waals surface area contributed by atoms with E-state index in [2.05, 4.69) is 34.2 Å². The third-order valence-electron chi connectivity index (χ3n) is 4.69. The molecule has 2 fully saturated rings. The molecule has 2 saturated heterocycles. The van der Waals surface area contributed by atoms with E-state index in [9.17, 15) is 0 Å². The third-order valence-corrected chi connectivity index (χ3v) is 4.69. The van der Waals surface area contributed by atoms with Crippen molar-refractivity contribution in [2.45, 2.75) is 77.0 Å². The number of aryl methyl sites for hydroxylation is 1. The minimum atomic E-state index is 0.673. The number of aromatic nitrogens is 2. The number of hydrogen-bond acceptors (Lipinski definition) is 5. The molecule has 3 heterocycles. The molecular formula is C15H26N4O. The molecule has 2 aliphatic rings. The maximum Gasteiger partial charge on any atom is 0.226 e. The van der Waals surface area contributed by atoms with Gasteiger partial charge in [-0.05, 0) is 38.6 Å². The molecule has 20 heavy (non-hydrogen) atoms. The van der Waals surface area contributed by atoms with Gasteiger partial charge in [-0.2, -0.15) is 4.98 Å². The number of hydrogen-bond donors (Lipinski definition) is 1. The van der Waals surface area contributed by atoms with Gasteiger partial charge in [0.1, 0.15) is 0 Å². The molecule has 1 aromatic rings. The van der Waals surface area contributed by atoms with E-state index in [0.29, 0.717) is 6.04 Å². The zero-order valence-electron chi connectivity index (χ0n) is 12.6. The van der Waals surface area contributed by atoms with Crippen molar-refractivity contribution in [3.05, 3.63) is 11.7 Å². The summed E-state index contributed by atoms with van der Waals surface area (Å²) < 4.78 is 5.29. The molecule has 0 saturated carbocycles. The van der Waals surface area contributed by atoms with Gasteiger partial charge < -0.3 is 9.84 Å². The zero-order chi connectivity index (χ0) is 13.9. The van der Waals surface area contributed by atoms with Crippen LogP contribution in [0.25, 0.3) is 0 Å². The van der Waals surface area contributed by atoms with Crippen LogP contribution in [0.15, 0.2) is 4.52 Å². The highest BCUT2D eigenvalue weighted by molar-refractivity contribution is 4.97. The fourth-order valence-corrected chi connectivity index (χ4v) is 3.68. The largest absolute Gasteiger partial charge is 0.339 e. The summed E-state index contributed by atoms with van der Waals surface area (Å²) in [6.45, 7) is 6.25. The summed E-state index contributed by atoms with van der Waals surface area (Å²) in [5, 5.41) is 7.84. The first-order valence-corrected chi connectivity index (χ1v) is 8.10. The van der Waals surface area contributed by atoms with Gasteiger partial charge in [0.05, 0.1) is 6.54 Å². The molecule has 2 bridgehead atoms. The van der Waals surface area contributed by atoms with Crippen LogP contribution in [0.5, 0.6) is 0 Å². The lowest BCUT2D eigenvalue weighted by molar-refractivity contribution is 0.136. The van der Waals surface area contributed by atoms with E-state index in [-0.39, 0.29) is 0 Å². The van der Waals surface area contributed by atoms with Gasteiger partial charge in [-0.15, -0.1) is 0 Å². The van der Waals surface area contributed by atoms with Crippen LogP contribution in [0.2, 0.25) is 0 Å². The number of piperidine rings is 1. The number of nitrogens with one attached hydrogen (secondary N) is 1. The molecule has 0 aromatic carbocycles. The van der Waals surface area contributed by atoms with Crippen molar-refractivity contribution in [2.24, 2.45) is 0 Å². The SMILES string of the molecule is CCCc1nc(CN(CC)C2CC3CCC(C2)N3)no1. The van der Waals surface area contributed by atoms with E-state index in [0.717, 1.165) is 49.7 Å². The molecule has 5 heteroatoms. The van der Waals surface area contributed by atoms with E-state index < -0.39 is 0 Å². The van der Waals surface area contributed by atoms with E-state index in [1.54, 1.807) is 0 Å². The van der Waals surface area contributed by atoms with Crippen LogP contribution in [0.4, 0.5) is 0 Å². The van der Waals surface area contributed by atoms with Crippen molar-refractivity contribution in [3.63, 3.8) is 0 Å². The van der Waals surface area contributed by atoms with Crippen LogP contribution in [0.3, 0.4) is 0 Å². The maximum atomic E-state index is 5.29. The standard InChI is InChI=1S/C15H26N4O/c1-3-5-15-17-14(18-20-15)10-19(4-2)13-8-11-6-7-12(9-13)16-11/h11-13,16H,3-10H2,1-2H3. The topological polar surface area (TPSA) is 54.2 Å². The van der Waals surface area contributed by atoms with Crippen LogP contribution in [-0.2, 0) is 13.0 Å². The van der Waals surface area contributed by atoms with Gasteiger partial charge in [0.15, 0.2) is 5.82 Å². The number of rotatable bonds is 6. The summed E-state index contributed by atoms with van der Waals surface area (Å²) >= 11 is 0. The molecule has 2 unspecified atom stereocenters. The smallest absolute Gasteiger partial charge is 0.226 e. The Balaban J connectivity index is 1.61. The minimum Gasteiger partial charge on any atom is -0.339 e. The molecule has 0 aliphatic carbocycles. The van der Waals surface area contributed by atoms with Gasteiger partial charge in [0.25, 0.3) is 0 Å². The van der Waals surface area contributed by atoms with Gasteiger partial charge in [-0.25, -0.2) is 0 Å². The van der Waals surface area contributed by atoms with Gasteiger partial charge in [-0.1, -0.05) is 19.0 Å². The summed E-state index contributed by atoms with van der Waals surface area (Å²) in [4.78, 5) is 7.02. The summed E-state index contributed by atoms with van der Waals surface area (Å²) in [5.74, 6) is 1.63. The quantitative estimate of drug-likeness (QED) is 0.864. The fourth-order valence-electron chi connectivity index (χ4n) is 3.68. The van der Waals surface area contributed by atoms with Crippen molar-refractivity contribution >= 4 is 0 Å². The Labute approximate surface area is 121 Å². The Kier molecular flexibility index (Phi) is 4.36. The highest BCUT2D eigenvalue weighted by Gasteiger charge is 2.35. The molecule has 2 atom stereocenters. The highest BCUT2D eigenvalue weighted by atomic mass is 16.5. The van der Waals surface area contributed by atoms with Crippen molar-refractivity contribution in [3.8, 4) is 0 Å². The van der Waals surface area contributed by atoms with E-state index in [1.807, 2.05) is 0 Å². The van der Waals surface area contributed by atoms with E-state index in [1.165, 1.54) is 25.7 Å². The van der Waals surface area contributed by atoms with Crippen molar-refractivity contribution in [1.82, 2.24) is 20.4 Å². The molecule has 1 N–H and O–H groups in total. The minimum absolute atomic E-state index is 0.673. The lowest BCUT2D eigenvalue weighted by Crippen LogP contribution is -2.48. The Bertz CT molecular complexity index is 421. The zero-order valence-corrected chi connectivity index (χ0v) is 12.6. The first-order valence-electron chi connectivity index (χ1n) is 8.10. The average Bonchev–Trinajstić information content (AvgIpc) is 3.03. The van der Waals surface area contributed by atoms with Crippen LogP contribution < -0.4 is 5.32 Å². The highest BCUT2D eigenvalue weighted by Crippen LogP contribution is 2.30. The second kappa shape index (κ2) is 6.22. The second-order valence-corrected chi connectivity index (χ2v) is 6.18. The fraction of sp³-hybridized carbons (Fsp3) is 0.867. The molecule has 2 aliphatic heterocycles. The molecule has 1 aromatic heterocycles. The monoisotopic (exact) mass is 278 g/mol. The van der Waals surface area contributed by atoms with Gasteiger partial charge in [0, 0.05) is 24.5 Å². The first kappa shape index (κ1) is 14.0. The average molecular weight is 278 g/mol. The Morgan fingerprint density at radius 3 is 2.65 bits per heavy atom. The molecular weight excluding hydrogens is 252 g/mol. The molecule has 112 valence electrons. The lowest BCUT2D eigenvalue weighted by Gasteiger charge is -2.36. The molecule has 0 spiro atoms. The normalized spacial score (nSPS) is 29.2. The van der Waals surface area contributed by atoms with Crippen LogP contribution in [0, 0.1) is 0 Å². The third kappa shape index (κ3) is 3.04. The number of fused-ring (bicyclic) bond motifs is 2. The lowest BCUT2D eigenvalue weighted by atomic mass is 9.98. The predicted octanol–water partition coefficient (Wildman–Crippen LogP) is 2.13. The molecule has 5 nitrogen and oxygen atoms in total. The first-order chi connectivity index (χ1) is 9.78. The van der Waals surface area contributed by atoms with Crippen molar-refractivity contribution in [1.29, 1.82) is 0 Å². The Morgan fingerprint density at radius 2 is 2.00 bits per heavy atom. The summed E-state index contributed by atoms with van der Waals surface area (Å²) in [6.07, 6.45) is 7.17. The van der Waals surface area contributed by atoms with Gasteiger partial charge in [-0.3, -0.25) is 4.90 Å². The Morgan fingerprint density at radius 1 is 1.25 bits per heavy atom. The van der Waals surface area contributed by atoms with Gasteiger partial charge in [0.2, 0.25) is 5.89 Å². The van der Waals surface area contributed by atoms with Crippen LogP contribution in [0.1, 0.15) is 57.7 Å². The number of nitrogens with zero attached hydrogens (tertiary/aromatic N) is 3. The van der Waals surface area contributed by atoms with Crippen molar-refractivity contribution < 1.29 is 4.52 Å².